The van der Waals surface area contributed by atoms with Gasteiger partial charge >= 0.3 is 0 Å². The highest BCUT2D eigenvalue weighted by molar-refractivity contribution is 6.30. The van der Waals surface area contributed by atoms with Crippen LogP contribution in [0, 0.1) is 5.82 Å². The Labute approximate surface area is 105 Å². The molecule has 0 fully saturated rings. The van der Waals surface area contributed by atoms with Crippen LogP contribution in [0.15, 0.2) is 18.2 Å². The average molecular weight is 266 g/mol. The Morgan fingerprint density at radius 1 is 1.50 bits per heavy atom. The van der Waals surface area contributed by atoms with Crippen LogP contribution >= 0.6 is 23.2 Å². The van der Waals surface area contributed by atoms with E-state index in [1.165, 1.54) is 6.07 Å². The predicted octanol–water partition coefficient (Wildman–Crippen LogP) is 2.82. The molecule has 0 spiro atoms. The van der Waals surface area contributed by atoms with Crippen LogP contribution in [-0.2, 0) is 11.3 Å². The number of hydrogen-bond acceptors (Lipinski definition) is 2. The lowest BCUT2D eigenvalue weighted by Gasteiger charge is -2.15. The van der Waals surface area contributed by atoms with Gasteiger partial charge in [-0.05, 0) is 12.1 Å². The first-order valence-electron chi connectivity index (χ1n) is 4.89. The summed E-state index contributed by atoms with van der Waals surface area (Å²) in [7, 11) is 1.60. The maximum absolute atomic E-state index is 13.4. The smallest absolute Gasteiger partial charge is 0.129 e. The van der Waals surface area contributed by atoms with Crippen molar-refractivity contribution in [1.29, 1.82) is 0 Å². The van der Waals surface area contributed by atoms with E-state index >= 15 is 0 Å². The van der Waals surface area contributed by atoms with Gasteiger partial charge in [-0.2, -0.15) is 0 Å². The van der Waals surface area contributed by atoms with Gasteiger partial charge in [-0.15, -0.1) is 11.6 Å². The third-order valence-corrected chi connectivity index (χ3v) is 2.76. The van der Waals surface area contributed by atoms with Crippen LogP contribution in [0.1, 0.15) is 5.56 Å². The van der Waals surface area contributed by atoms with Gasteiger partial charge in [0, 0.05) is 36.2 Å². The molecule has 0 aliphatic heterocycles. The predicted molar refractivity (Wildman–Crippen MR) is 64.6 cm³/mol. The van der Waals surface area contributed by atoms with Gasteiger partial charge in [0.25, 0.3) is 0 Å². The molecule has 1 aromatic rings. The van der Waals surface area contributed by atoms with Crippen molar-refractivity contribution in [3.05, 3.63) is 34.6 Å². The van der Waals surface area contributed by atoms with Crippen molar-refractivity contribution in [3.8, 4) is 0 Å². The second-order valence-electron chi connectivity index (χ2n) is 3.42. The summed E-state index contributed by atoms with van der Waals surface area (Å²) in [5.74, 6) is 0.106. The van der Waals surface area contributed by atoms with Gasteiger partial charge in [0.15, 0.2) is 0 Å². The second-order valence-corrected chi connectivity index (χ2v) is 4.17. The van der Waals surface area contributed by atoms with Crippen LogP contribution < -0.4 is 5.32 Å². The second kappa shape index (κ2) is 7.07. The first-order valence-corrected chi connectivity index (χ1v) is 5.80. The van der Waals surface area contributed by atoms with E-state index in [-0.39, 0.29) is 11.9 Å². The normalized spacial score (nSPS) is 12.8. The van der Waals surface area contributed by atoms with Gasteiger partial charge in [0.1, 0.15) is 5.82 Å². The summed E-state index contributed by atoms with van der Waals surface area (Å²) in [5.41, 5.74) is 0.565. The van der Waals surface area contributed by atoms with Crippen LogP contribution in [0.4, 0.5) is 4.39 Å². The van der Waals surface area contributed by atoms with Crippen molar-refractivity contribution in [2.75, 3.05) is 19.6 Å². The highest BCUT2D eigenvalue weighted by atomic mass is 35.5. The maximum atomic E-state index is 13.4. The Morgan fingerprint density at radius 3 is 2.81 bits per heavy atom. The van der Waals surface area contributed by atoms with Crippen LogP contribution in [0.5, 0.6) is 0 Å². The first kappa shape index (κ1) is 13.7. The molecule has 1 unspecified atom stereocenters. The van der Waals surface area contributed by atoms with E-state index in [1.54, 1.807) is 19.2 Å². The zero-order chi connectivity index (χ0) is 12.0. The topological polar surface area (TPSA) is 21.3 Å². The Bertz CT molecular complexity index is 336. The van der Waals surface area contributed by atoms with Crippen LogP contribution in [0.25, 0.3) is 0 Å². The van der Waals surface area contributed by atoms with Crippen molar-refractivity contribution in [1.82, 2.24) is 5.32 Å². The Balaban J connectivity index is 2.53. The third-order valence-electron chi connectivity index (χ3n) is 2.15. The molecule has 0 saturated heterocycles. The molecule has 16 heavy (non-hydrogen) atoms. The molecule has 0 radical (unpaired) electrons. The highest BCUT2D eigenvalue weighted by Gasteiger charge is 2.08. The van der Waals surface area contributed by atoms with Crippen molar-refractivity contribution in [3.63, 3.8) is 0 Å². The van der Waals surface area contributed by atoms with E-state index in [2.05, 4.69) is 5.32 Å². The summed E-state index contributed by atoms with van der Waals surface area (Å²) in [6.07, 6.45) is 0. The van der Waals surface area contributed by atoms with Crippen molar-refractivity contribution >= 4 is 23.2 Å². The van der Waals surface area contributed by atoms with Crippen molar-refractivity contribution in [2.45, 2.75) is 12.6 Å². The Kier molecular flexibility index (Phi) is 6.06. The number of methoxy groups -OCH3 is 1. The third kappa shape index (κ3) is 4.26. The molecular formula is C11H14Cl2FNO. The molecule has 5 heteroatoms. The highest BCUT2D eigenvalue weighted by Crippen LogP contribution is 2.14. The molecule has 0 saturated carbocycles. The van der Waals surface area contributed by atoms with Gasteiger partial charge < -0.3 is 10.1 Å². The molecular weight excluding hydrogens is 252 g/mol. The standard InChI is InChI=1S/C11H14Cl2FNO/c1-16-7-10(5-12)15-6-8-2-3-9(13)4-11(8)14/h2-4,10,15H,5-7H2,1H3. The average Bonchev–Trinajstić information content (AvgIpc) is 2.26. The number of hydrogen-bond donors (Lipinski definition) is 1. The van der Waals surface area contributed by atoms with Crippen molar-refractivity contribution in [2.24, 2.45) is 0 Å². The molecule has 90 valence electrons. The molecule has 1 aromatic carbocycles. The molecule has 1 atom stereocenters. The van der Waals surface area contributed by atoms with Gasteiger partial charge in [-0.25, -0.2) is 4.39 Å². The quantitative estimate of drug-likeness (QED) is 0.799. The minimum absolute atomic E-state index is 0.0155. The van der Waals surface area contributed by atoms with Gasteiger partial charge in [-0.1, -0.05) is 17.7 Å². The zero-order valence-corrected chi connectivity index (χ0v) is 10.5. The monoisotopic (exact) mass is 265 g/mol. The maximum Gasteiger partial charge on any atom is 0.129 e. The van der Waals surface area contributed by atoms with E-state index in [9.17, 15) is 4.39 Å². The summed E-state index contributed by atoms with van der Waals surface area (Å²) in [5, 5.41) is 3.50. The SMILES string of the molecule is COCC(CCl)NCc1ccc(Cl)cc1F. The number of rotatable bonds is 6. The van der Waals surface area contributed by atoms with Gasteiger partial charge in [0.2, 0.25) is 0 Å². The number of benzene rings is 1. The van der Waals surface area contributed by atoms with E-state index < -0.39 is 0 Å². The molecule has 0 amide bonds. The Morgan fingerprint density at radius 2 is 2.25 bits per heavy atom. The van der Waals surface area contributed by atoms with E-state index in [1.807, 2.05) is 0 Å². The molecule has 1 N–H and O–H groups in total. The summed E-state index contributed by atoms with van der Waals surface area (Å²) in [4.78, 5) is 0. The molecule has 2 nitrogen and oxygen atoms in total. The number of ether oxygens (including phenoxy) is 1. The summed E-state index contributed by atoms with van der Waals surface area (Å²) in [6, 6.07) is 4.63. The first-order chi connectivity index (χ1) is 7.67. The minimum Gasteiger partial charge on any atom is -0.383 e. The Hall–Kier alpha value is -0.350. The number of halogens is 3. The fourth-order valence-electron chi connectivity index (χ4n) is 1.28. The lowest BCUT2D eigenvalue weighted by molar-refractivity contribution is 0.172. The molecule has 0 heterocycles. The largest absolute Gasteiger partial charge is 0.383 e. The van der Waals surface area contributed by atoms with Gasteiger partial charge in [0.05, 0.1) is 6.61 Å². The number of nitrogens with one attached hydrogen (secondary N) is 1. The van der Waals surface area contributed by atoms with Gasteiger partial charge in [-0.3, -0.25) is 0 Å². The summed E-state index contributed by atoms with van der Waals surface area (Å²) < 4.78 is 18.4. The summed E-state index contributed by atoms with van der Waals surface area (Å²) in [6.45, 7) is 0.905. The molecule has 0 bridgehead atoms. The fourth-order valence-corrected chi connectivity index (χ4v) is 1.64. The minimum atomic E-state index is -0.314. The van der Waals surface area contributed by atoms with Crippen LogP contribution in [-0.4, -0.2) is 25.6 Å². The zero-order valence-electron chi connectivity index (χ0n) is 8.97. The lowest BCUT2D eigenvalue weighted by Crippen LogP contribution is -2.34. The molecule has 1 rings (SSSR count). The molecule has 0 aliphatic carbocycles. The summed E-state index contributed by atoms with van der Waals surface area (Å²) >= 11 is 11.4. The molecule has 0 aliphatic rings. The van der Waals surface area contributed by atoms with E-state index in [0.717, 1.165) is 0 Å². The fraction of sp³-hybridized carbons (Fsp3) is 0.455. The van der Waals surface area contributed by atoms with Crippen LogP contribution in [0.3, 0.4) is 0 Å². The van der Waals surface area contributed by atoms with E-state index in [4.69, 9.17) is 27.9 Å². The van der Waals surface area contributed by atoms with Crippen LogP contribution in [0.2, 0.25) is 5.02 Å². The lowest BCUT2D eigenvalue weighted by atomic mass is 10.2. The molecule has 0 aromatic heterocycles. The van der Waals surface area contributed by atoms with E-state index in [0.29, 0.717) is 29.6 Å². The number of alkyl halides is 1. The van der Waals surface area contributed by atoms with Crippen molar-refractivity contribution < 1.29 is 9.13 Å².